The quantitative estimate of drug-likeness (QED) is 0.682. The van der Waals surface area contributed by atoms with Crippen molar-refractivity contribution in [2.24, 2.45) is 5.92 Å². The van der Waals surface area contributed by atoms with E-state index in [1.54, 1.807) is 0 Å². The minimum absolute atomic E-state index is 0.00563. The highest BCUT2D eigenvalue weighted by atomic mass is 35.5. The molecule has 1 saturated heterocycles. The smallest absolute Gasteiger partial charge is 0.224 e. The standard InChI is InChI=1S/C22H25ClN4O/c1-15-4-9-19-20(13-15)26-22(25-19)27-12-2-3-17(14-27)21(28)24-11-10-16-5-7-18(23)8-6-16/h4-9,13,17H,2-3,10-12,14H2,1H3,(H,24,28)(H,25,26)/t17-/m1/s1. The van der Waals surface area contributed by atoms with Gasteiger partial charge in [0.1, 0.15) is 0 Å². The summed E-state index contributed by atoms with van der Waals surface area (Å²) in [6.07, 6.45) is 2.72. The van der Waals surface area contributed by atoms with Gasteiger partial charge in [0.05, 0.1) is 17.0 Å². The molecule has 1 fully saturated rings. The number of hydrogen-bond donors (Lipinski definition) is 2. The Morgan fingerprint density at radius 2 is 2.11 bits per heavy atom. The summed E-state index contributed by atoms with van der Waals surface area (Å²) in [7, 11) is 0. The number of nitrogens with zero attached hydrogens (tertiary/aromatic N) is 2. The van der Waals surface area contributed by atoms with Crippen LogP contribution in [0.25, 0.3) is 11.0 Å². The number of aryl methyl sites for hydroxylation is 1. The number of H-pyrrole nitrogens is 1. The number of benzene rings is 2. The highest BCUT2D eigenvalue weighted by molar-refractivity contribution is 6.30. The molecule has 1 aliphatic rings. The second-order valence-corrected chi connectivity index (χ2v) is 7.97. The van der Waals surface area contributed by atoms with Gasteiger partial charge in [-0.3, -0.25) is 4.79 Å². The lowest BCUT2D eigenvalue weighted by Gasteiger charge is -2.31. The van der Waals surface area contributed by atoms with Gasteiger partial charge < -0.3 is 15.2 Å². The Balaban J connectivity index is 1.34. The van der Waals surface area contributed by atoms with Crippen LogP contribution < -0.4 is 10.2 Å². The van der Waals surface area contributed by atoms with Crippen LogP contribution in [0.3, 0.4) is 0 Å². The molecule has 0 bridgehead atoms. The third-order valence-electron chi connectivity index (χ3n) is 5.34. The Morgan fingerprint density at radius 1 is 1.29 bits per heavy atom. The van der Waals surface area contributed by atoms with E-state index in [0.29, 0.717) is 13.1 Å². The zero-order valence-corrected chi connectivity index (χ0v) is 16.8. The summed E-state index contributed by atoms with van der Waals surface area (Å²) in [5.74, 6) is 0.985. The minimum atomic E-state index is -0.00563. The molecular weight excluding hydrogens is 372 g/mol. The first-order valence-electron chi connectivity index (χ1n) is 9.82. The lowest BCUT2D eigenvalue weighted by atomic mass is 9.97. The fourth-order valence-electron chi connectivity index (χ4n) is 3.77. The number of piperidine rings is 1. The van der Waals surface area contributed by atoms with E-state index in [4.69, 9.17) is 16.6 Å². The molecule has 28 heavy (non-hydrogen) atoms. The Kier molecular flexibility index (Phi) is 5.53. The van der Waals surface area contributed by atoms with Crippen LogP contribution in [0.15, 0.2) is 42.5 Å². The first kappa shape index (κ1) is 18.8. The third kappa shape index (κ3) is 4.30. The molecule has 2 aromatic carbocycles. The average molecular weight is 397 g/mol. The molecule has 0 aliphatic carbocycles. The SMILES string of the molecule is Cc1ccc2nc(N3CCC[C@@H](C(=O)NCCc4ccc(Cl)cc4)C3)[nH]c2c1. The highest BCUT2D eigenvalue weighted by Crippen LogP contribution is 2.24. The molecule has 2 heterocycles. The zero-order chi connectivity index (χ0) is 19.5. The van der Waals surface area contributed by atoms with Gasteiger partial charge in [0.15, 0.2) is 0 Å². The van der Waals surface area contributed by atoms with Crippen LogP contribution in [0.5, 0.6) is 0 Å². The van der Waals surface area contributed by atoms with Gasteiger partial charge >= 0.3 is 0 Å². The van der Waals surface area contributed by atoms with Crippen LogP contribution in [-0.2, 0) is 11.2 Å². The summed E-state index contributed by atoms with van der Waals surface area (Å²) in [5.41, 5.74) is 4.39. The number of fused-ring (bicyclic) bond motifs is 1. The Hall–Kier alpha value is -2.53. The van der Waals surface area contributed by atoms with Gasteiger partial charge in [-0.05, 0) is 61.6 Å². The van der Waals surface area contributed by atoms with E-state index in [9.17, 15) is 4.79 Å². The van der Waals surface area contributed by atoms with Crippen LogP contribution in [0, 0.1) is 12.8 Å². The molecule has 1 amide bonds. The maximum absolute atomic E-state index is 12.6. The topological polar surface area (TPSA) is 61.0 Å². The predicted molar refractivity (Wildman–Crippen MR) is 114 cm³/mol. The van der Waals surface area contributed by atoms with Crippen molar-refractivity contribution in [3.63, 3.8) is 0 Å². The molecule has 4 rings (SSSR count). The van der Waals surface area contributed by atoms with E-state index >= 15 is 0 Å². The van der Waals surface area contributed by atoms with E-state index in [-0.39, 0.29) is 11.8 Å². The zero-order valence-electron chi connectivity index (χ0n) is 16.0. The lowest BCUT2D eigenvalue weighted by molar-refractivity contribution is -0.125. The molecule has 0 radical (unpaired) electrons. The number of aromatic nitrogens is 2. The first-order chi connectivity index (χ1) is 13.6. The molecule has 1 aromatic heterocycles. The van der Waals surface area contributed by atoms with E-state index < -0.39 is 0 Å². The van der Waals surface area contributed by atoms with Crippen LogP contribution >= 0.6 is 11.6 Å². The van der Waals surface area contributed by atoms with Gasteiger partial charge in [0.25, 0.3) is 0 Å². The average Bonchev–Trinajstić information content (AvgIpc) is 3.13. The maximum Gasteiger partial charge on any atom is 0.224 e. The second-order valence-electron chi connectivity index (χ2n) is 7.53. The van der Waals surface area contributed by atoms with E-state index in [0.717, 1.165) is 47.8 Å². The number of hydrogen-bond acceptors (Lipinski definition) is 3. The first-order valence-corrected chi connectivity index (χ1v) is 10.2. The van der Waals surface area contributed by atoms with Crippen LogP contribution in [0.1, 0.15) is 24.0 Å². The summed E-state index contributed by atoms with van der Waals surface area (Å²) in [6, 6.07) is 14.0. The van der Waals surface area contributed by atoms with Crippen molar-refractivity contribution in [1.29, 1.82) is 0 Å². The molecule has 3 aromatic rings. The Morgan fingerprint density at radius 3 is 2.93 bits per heavy atom. The van der Waals surface area contributed by atoms with Gasteiger partial charge in [0, 0.05) is 24.7 Å². The van der Waals surface area contributed by atoms with Crippen molar-refractivity contribution in [2.45, 2.75) is 26.2 Å². The number of nitrogens with one attached hydrogen (secondary N) is 2. The number of amides is 1. The molecule has 0 unspecified atom stereocenters. The van der Waals surface area contributed by atoms with Crippen LogP contribution in [0.2, 0.25) is 5.02 Å². The van der Waals surface area contributed by atoms with Crippen LogP contribution in [-0.4, -0.2) is 35.5 Å². The van der Waals surface area contributed by atoms with E-state index in [2.05, 4.69) is 34.3 Å². The molecule has 146 valence electrons. The number of carbonyl (C=O) groups is 1. The second kappa shape index (κ2) is 8.23. The number of halogens is 1. The van der Waals surface area contributed by atoms with Gasteiger partial charge in [-0.25, -0.2) is 4.98 Å². The maximum atomic E-state index is 12.6. The largest absolute Gasteiger partial charge is 0.355 e. The molecule has 6 heteroatoms. The summed E-state index contributed by atoms with van der Waals surface area (Å²) in [4.78, 5) is 23.0. The fourth-order valence-corrected chi connectivity index (χ4v) is 3.89. The number of aromatic amines is 1. The number of carbonyl (C=O) groups excluding carboxylic acids is 1. The van der Waals surface area contributed by atoms with Crippen molar-refractivity contribution in [3.05, 3.63) is 58.6 Å². The summed E-state index contributed by atoms with van der Waals surface area (Å²) in [5, 5.41) is 3.82. The van der Waals surface area contributed by atoms with Crippen molar-refractivity contribution in [2.75, 3.05) is 24.5 Å². The Labute approximate surface area is 170 Å². The molecule has 1 atom stereocenters. The third-order valence-corrected chi connectivity index (χ3v) is 5.59. The van der Waals surface area contributed by atoms with Crippen molar-refractivity contribution < 1.29 is 4.79 Å². The van der Waals surface area contributed by atoms with Gasteiger partial charge in [-0.1, -0.05) is 29.8 Å². The van der Waals surface area contributed by atoms with Gasteiger partial charge in [-0.2, -0.15) is 0 Å². The molecule has 5 nitrogen and oxygen atoms in total. The van der Waals surface area contributed by atoms with E-state index in [1.807, 2.05) is 30.3 Å². The van der Waals surface area contributed by atoms with E-state index in [1.165, 1.54) is 11.1 Å². The summed E-state index contributed by atoms with van der Waals surface area (Å²) >= 11 is 5.91. The highest BCUT2D eigenvalue weighted by Gasteiger charge is 2.27. The number of anilines is 1. The predicted octanol–water partition coefficient (Wildman–Crippen LogP) is 4.10. The molecular formula is C22H25ClN4O. The fraction of sp³-hybridized carbons (Fsp3) is 0.364. The summed E-state index contributed by atoms with van der Waals surface area (Å²) in [6.45, 7) is 4.34. The van der Waals surface area contributed by atoms with Crippen molar-refractivity contribution >= 4 is 34.5 Å². The van der Waals surface area contributed by atoms with Crippen molar-refractivity contribution in [3.8, 4) is 0 Å². The van der Waals surface area contributed by atoms with Crippen LogP contribution in [0.4, 0.5) is 5.95 Å². The van der Waals surface area contributed by atoms with Gasteiger partial charge in [-0.15, -0.1) is 0 Å². The Bertz CT molecular complexity index is 966. The normalized spacial score (nSPS) is 17.1. The lowest BCUT2D eigenvalue weighted by Crippen LogP contribution is -2.43. The number of rotatable bonds is 5. The van der Waals surface area contributed by atoms with Gasteiger partial charge in [0.2, 0.25) is 11.9 Å². The molecule has 1 aliphatic heterocycles. The monoisotopic (exact) mass is 396 g/mol. The number of imidazole rings is 1. The molecule has 0 spiro atoms. The summed E-state index contributed by atoms with van der Waals surface area (Å²) < 4.78 is 0. The van der Waals surface area contributed by atoms with Crippen molar-refractivity contribution in [1.82, 2.24) is 15.3 Å². The molecule has 0 saturated carbocycles. The minimum Gasteiger partial charge on any atom is -0.355 e. The molecule has 2 N–H and O–H groups in total.